The van der Waals surface area contributed by atoms with Gasteiger partial charge in [0.2, 0.25) is 17.7 Å². The fourth-order valence-electron chi connectivity index (χ4n) is 2.32. The van der Waals surface area contributed by atoms with Gasteiger partial charge in [0.1, 0.15) is 5.69 Å². The molecule has 1 amide bonds. The van der Waals surface area contributed by atoms with Crippen LogP contribution in [0.25, 0.3) is 11.6 Å². The molecule has 0 aromatic carbocycles. The smallest absolute Gasteiger partial charge is 0.268 e. The summed E-state index contributed by atoms with van der Waals surface area (Å²) in [4.78, 5) is 20.1. The molecule has 3 aromatic heterocycles. The lowest BCUT2D eigenvalue weighted by Crippen LogP contribution is -2.14. The molecule has 0 radical (unpaired) electrons. The summed E-state index contributed by atoms with van der Waals surface area (Å²) in [5.74, 6) is 0.819. The number of anilines is 1. The number of carbonyl (C=O) groups excluding carboxylic acids is 1. The zero-order chi connectivity index (χ0) is 17.8. The molecule has 3 heterocycles. The molecule has 1 N–H and O–H groups in total. The quantitative estimate of drug-likeness (QED) is 0.726. The Hall–Kier alpha value is -3.10. The van der Waals surface area contributed by atoms with Gasteiger partial charge in [0.15, 0.2) is 0 Å². The molecule has 0 aliphatic rings. The van der Waals surface area contributed by atoms with E-state index in [1.807, 2.05) is 20.0 Å². The summed E-state index contributed by atoms with van der Waals surface area (Å²) >= 11 is 0. The summed E-state index contributed by atoms with van der Waals surface area (Å²) < 4.78 is 7.38. The first kappa shape index (κ1) is 16.7. The Labute approximate surface area is 144 Å². The largest absolute Gasteiger partial charge is 0.419 e. The molecule has 130 valence electrons. The number of nitrogens with zero attached hydrogens (tertiary/aromatic N) is 6. The van der Waals surface area contributed by atoms with Gasteiger partial charge in [-0.2, -0.15) is 5.10 Å². The van der Waals surface area contributed by atoms with Crippen LogP contribution in [0.4, 0.5) is 5.95 Å². The summed E-state index contributed by atoms with van der Waals surface area (Å²) in [7, 11) is 1.87. The predicted molar refractivity (Wildman–Crippen MR) is 89.6 cm³/mol. The number of nitrogens with one attached hydrogen (secondary N) is 1. The van der Waals surface area contributed by atoms with Gasteiger partial charge in [-0.3, -0.25) is 14.8 Å². The van der Waals surface area contributed by atoms with Crippen LogP contribution in [0.15, 0.2) is 22.7 Å². The van der Waals surface area contributed by atoms with E-state index in [0.717, 1.165) is 17.8 Å². The van der Waals surface area contributed by atoms with Crippen molar-refractivity contribution in [1.29, 1.82) is 0 Å². The molecule has 0 saturated carbocycles. The lowest BCUT2D eigenvalue weighted by atomic mass is 10.3. The molecule has 9 nitrogen and oxygen atoms in total. The van der Waals surface area contributed by atoms with Gasteiger partial charge in [0.05, 0.1) is 0 Å². The number of hydrogen-bond acceptors (Lipinski definition) is 7. The van der Waals surface area contributed by atoms with E-state index in [9.17, 15) is 4.79 Å². The lowest BCUT2D eigenvalue weighted by Gasteiger charge is -2.02. The van der Waals surface area contributed by atoms with Crippen LogP contribution in [-0.4, -0.2) is 35.9 Å². The molecule has 0 unspecified atom stereocenters. The third-order valence-electron chi connectivity index (χ3n) is 3.64. The average molecular weight is 341 g/mol. The summed E-state index contributed by atoms with van der Waals surface area (Å²) in [5.41, 5.74) is 2.50. The Balaban J connectivity index is 1.58. The molecule has 0 bridgehead atoms. The summed E-state index contributed by atoms with van der Waals surface area (Å²) in [6.45, 7) is 3.88. The molecular weight excluding hydrogens is 322 g/mol. The van der Waals surface area contributed by atoms with Crippen molar-refractivity contribution >= 4 is 11.9 Å². The fourth-order valence-corrected chi connectivity index (χ4v) is 2.32. The number of aromatic nitrogens is 6. The SMILES string of the molecule is CCc1cc(-c2nnc(CCC(=O)Nc3nccc(C)n3)o2)nn1C. The Bertz CT molecular complexity index is 884. The first-order chi connectivity index (χ1) is 12.0. The van der Waals surface area contributed by atoms with E-state index in [2.05, 4.69) is 37.5 Å². The standard InChI is InChI=1S/C16H19N7O2/c1-4-11-9-12(22-23(11)3)15-21-20-14(25-15)6-5-13(24)19-16-17-8-7-10(2)18-16/h7-9H,4-6H2,1-3H3,(H,17,18,19,24). The Kier molecular flexibility index (Phi) is 4.82. The number of rotatable bonds is 6. The van der Waals surface area contributed by atoms with E-state index in [1.165, 1.54) is 0 Å². The van der Waals surface area contributed by atoms with E-state index in [-0.39, 0.29) is 18.3 Å². The maximum atomic E-state index is 12.0. The average Bonchev–Trinajstić information content (AvgIpc) is 3.19. The number of amides is 1. The van der Waals surface area contributed by atoms with Crippen LogP contribution in [-0.2, 0) is 24.7 Å². The van der Waals surface area contributed by atoms with Crippen molar-refractivity contribution in [2.45, 2.75) is 33.1 Å². The maximum absolute atomic E-state index is 12.0. The molecule has 0 saturated heterocycles. The van der Waals surface area contributed by atoms with Gasteiger partial charge in [-0.15, -0.1) is 10.2 Å². The monoisotopic (exact) mass is 341 g/mol. The molecule has 0 aliphatic carbocycles. The van der Waals surface area contributed by atoms with Gasteiger partial charge in [-0.25, -0.2) is 9.97 Å². The van der Waals surface area contributed by atoms with E-state index in [0.29, 0.717) is 23.9 Å². The Morgan fingerprint density at radius 2 is 2.20 bits per heavy atom. The minimum absolute atomic E-state index is 0.196. The minimum atomic E-state index is -0.212. The highest BCUT2D eigenvalue weighted by molar-refractivity contribution is 5.88. The van der Waals surface area contributed by atoms with Gasteiger partial charge in [0.25, 0.3) is 5.89 Å². The van der Waals surface area contributed by atoms with Gasteiger partial charge < -0.3 is 4.42 Å². The number of aryl methyl sites for hydroxylation is 4. The van der Waals surface area contributed by atoms with Crippen LogP contribution < -0.4 is 5.32 Å². The van der Waals surface area contributed by atoms with Crippen molar-refractivity contribution in [3.63, 3.8) is 0 Å². The highest BCUT2D eigenvalue weighted by Gasteiger charge is 2.14. The zero-order valence-electron chi connectivity index (χ0n) is 14.4. The fraction of sp³-hybridized carbons (Fsp3) is 0.375. The van der Waals surface area contributed by atoms with Crippen molar-refractivity contribution in [2.75, 3.05) is 5.32 Å². The third-order valence-corrected chi connectivity index (χ3v) is 3.64. The Morgan fingerprint density at radius 1 is 1.36 bits per heavy atom. The van der Waals surface area contributed by atoms with Crippen molar-refractivity contribution in [1.82, 2.24) is 29.9 Å². The predicted octanol–water partition coefficient (Wildman–Crippen LogP) is 1.70. The first-order valence-electron chi connectivity index (χ1n) is 8.00. The topological polar surface area (TPSA) is 112 Å². The van der Waals surface area contributed by atoms with Crippen LogP contribution in [0, 0.1) is 6.92 Å². The molecule has 0 aliphatic heterocycles. The molecule has 0 atom stereocenters. The molecule has 9 heteroatoms. The van der Waals surface area contributed by atoms with Crippen LogP contribution in [0.3, 0.4) is 0 Å². The molecule has 3 aromatic rings. The molecular formula is C16H19N7O2. The van der Waals surface area contributed by atoms with Gasteiger partial charge in [0, 0.05) is 37.5 Å². The van der Waals surface area contributed by atoms with Crippen LogP contribution in [0.5, 0.6) is 0 Å². The Morgan fingerprint density at radius 3 is 2.92 bits per heavy atom. The normalized spacial score (nSPS) is 10.8. The van der Waals surface area contributed by atoms with E-state index in [4.69, 9.17) is 4.42 Å². The highest BCUT2D eigenvalue weighted by Crippen LogP contribution is 2.18. The van der Waals surface area contributed by atoms with Crippen molar-refractivity contribution in [3.8, 4) is 11.6 Å². The second kappa shape index (κ2) is 7.20. The summed E-state index contributed by atoms with van der Waals surface area (Å²) in [5, 5.41) is 15.0. The van der Waals surface area contributed by atoms with Crippen molar-refractivity contribution in [3.05, 3.63) is 35.6 Å². The van der Waals surface area contributed by atoms with Gasteiger partial charge in [-0.05, 0) is 25.5 Å². The first-order valence-corrected chi connectivity index (χ1v) is 8.00. The zero-order valence-corrected chi connectivity index (χ0v) is 14.4. The van der Waals surface area contributed by atoms with E-state index >= 15 is 0 Å². The summed E-state index contributed by atoms with van der Waals surface area (Å²) in [6, 6.07) is 3.68. The molecule has 0 fully saturated rings. The van der Waals surface area contributed by atoms with Crippen LogP contribution in [0.1, 0.15) is 30.6 Å². The van der Waals surface area contributed by atoms with Gasteiger partial charge in [-0.1, -0.05) is 6.92 Å². The molecule has 25 heavy (non-hydrogen) atoms. The third kappa shape index (κ3) is 4.06. The second-order valence-corrected chi connectivity index (χ2v) is 5.57. The lowest BCUT2D eigenvalue weighted by molar-refractivity contribution is -0.116. The van der Waals surface area contributed by atoms with E-state index in [1.54, 1.807) is 16.9 Å². The molecule has 0 spiro atoms. The molecule has 3 rings (SSSR count). The number of hydrogen-bond donors (Lipinski definition) is 1. The summed E-state index contributed by atoms with van der Waals surface area (Å²) in [6.07, 6.45) is 2.99. The van der Waals surface area contributed by atoms with Crippen molar-refractivity contribution < 1.29 is 9.21 Å². The highest BCUT2D eigenvalue weighted by atomic mass is 16.4. The van der Waals surface area contributed by atoms with Crippen LogP contribution >= 0.6 is 0 Å². The van der Waals surface area contributed by atoms with Crippen molar-refractivity contribution in [2.24, 2.45) is 7.05 Å². The minimum Gasteiger partial charge on any atom is -0.419 e. The van der Waals surface area contributed by atoms with Crippen LogP contribution in [0.2, 0.25) is 0 Å². The maximum Gasteiger partial charge on any atom is 0.268 e. The number of carbonyl (C=O) groups is 1. The van der Waals surface area contributed by atoms with E-state index < -0.39 is 0 Å². The second-order valence-electron chi connectivity index (χ2n) is 5.57. The van der Waals surface area contributed by atoms with Gasteiger partial charge >= 0.3 is 0 Å².